The van der Waals surface area contributed by atoms with Gasteiger partial charge in [0.25, 0.3) is 0 Å². The fourth-order valence-corrected chi connectivity index (χ4v) is 4.12. The predicted molar refractivity (Wildman–Crippen MR) is 118 cm³/mol. The number of unbranched alkanes of at least 4 members (excludes halogenated alkanes) is 5. The minimum atomic E-state index is 1.19. The van der Waals surface area contributed by atoms with Gasteiger partial charge in [-0.1, -0.05) is 87.6 Å². The highest BCUT2D eigenvalue weighted by Gasteiger charge is 2.10. The summed E-state index contributed by atoms with van der Waals surface area (Å²) in [6.45, 7) is 2.28. The van der Waals surface area contributed by atoms with E-state index in [-0.39, 0.29) is 0 Å². The number of hydrogen-bond acceptors (Lipinski definition) is 0. The van der Waals surface area contributed by atoms with Crippen molar-refractivity contribution in [1.82, 2.24) is 4.57 Å². The van der Waals surface area contributed by atoms with Crippen molar-refractivity contribution in [2.24, 2.45) is 0 Å². The number of para-hydroxylation sites is 2. The van der Waals surface area contributed by atoms with Crippen LogP contribution in [0.5, 0.6) is 0 Å². The van der Waals surface area contributed by atoms with Gasteiger partial charge in [-0.2, -0.15) is 0 Å². The lowest BCUT2D eigenvalue weighted by Gasteiger charge is -2.09. The van der Waals surface area contributed by atoms with Crippen molar-refractivity contribution in [2.75, 3.05) is 0 Å². The molecule has 0 fully saturated rings. The molecule has 27 heavy (non-hydrogen) atoms. The lowest BCUT2D eigenvalue weighted by atomic mass is 10.0. The SMILES string of the molecule is CCCCCCCCc1ccc(-n2c3ccccc3c3ccccc32)cc1. The largest absolute Gasteiger partial charge is 0.309 e. The van der Waals surface area contributed by atoms with E-state index in [2.05, 4.69) is 84.3 Å². The Morgan fingerprint density at radius 3 is 1.78 bits per heavy atom. The highest BCUT2D eigenvalue weighted by molar-refractivity contribution is 6.09. The summed E-state index contributed by atoms with van der Waals surface area (Å²) in [4.78, 5) is 0. The van der Waals surface area contributed by atoms with Gasteiger partial charge in [0.15, 0.2) is 0 Å². The topological polar surface area (TPSA) is 4.93 Å². The monoisotopic (exact) mass is 355 g/mol. The summed E-state index contributed by atoms with van der Waals surface area (Å²) in [7, 11) is 0. The minimum Gasteiger partial charge on any atom is -0.309 e. The Bertz CT molecular complexity index is 954. The fourth-order valence-electron chi connectivity index (χ4n) is 4.12. The van der Waals surface area contributed by atoms with E-state index in [0.717, 1.165) is 0 Å². The van der Waals surface area contributed by atoms with Crippen LogP contribution in [0.1, 0.15) is 51.0 Å². The third-order valence-electron chi connectivity index (χ3n) is 5.59. The van der Waals surface area contributed by atoms with Gasteiger partial charge in [-0.25, -0.2) is 0 Å². The summed E-state index contributed by atoms with van der Waals surface area (Å²) in [6, 6.07) is 26.6. The summed E-state index contributed by atoms with van der Waals surface area (Å²) in [6.07, 6.45) is 9.33. The first kappa shape index (κ1) is 17.9. The van der Waals surface area contributed by atoms with Gasteiger partial charge in [-0.3, -0.25) is 0 Å². The van der Waals surface area contributed by atoms with E-state index in [1.807, 2.05) is 0 Å². The third-order valence-corrected chi connectivity index (χ3v) is 5.59. The molecule has 0 atom stereocenters. The van der Waals surface area contributed by atoms with Crippen molar-refractivity contribution >= 4 is 21.8 Å². The maximum atomic E-state index is 2.39. The van der Waals surface area contributed by atoms with E-state index in [1.165, 1.54) is 78.0 Å². The molecular weight excluding hydrogens is 326 g/mol. The van der Waals surface area contributed by atoms with E-state index in [0.29, 0.717) is 0 Å². The average molecular weight is 356 g/mol. The molecule has 0 unspecified atom stereocenters. The molecule has 0 saturated carbocycles. The van der Waals surface area contributed by atoms with Crippen LogP contribution >= 0.6 is 0 Å². The Morgan fingerprint density at radius 1 is 0.593 bits per heavy atom. The Morgan fingerprint density at radius 2 is 1.15 bits per heavy atom. The molecule has 0 N–H and O–H groups in total. The zero-order chi connectivity index (χ0) is 18.5. The number of nitrogens with zero attached hydrogens (tertiary/aromatic N) is 1. The van der Waals surface area contributed by atoms with Crippen molar-refractivity contribution in [1.29, 1.82) is 0 Å². The first-order valence-corrected chi connectivity index (χ1v) is 10.5. The molecule has 0 amide bonds. The van der Waals surface area contributed by atoms with Crippen LogP contribution in [-0.4, -0.2) is 4.57 Å². The standard InChI is InChI=1S/C26H29N/c1-2-3-4-5-6-7-12-21-17-19-22(20-18-21)27-25-15-10-8-13-23(25)24-14-9-11-16-26(24)27/h8-11,13-20H,2-7,12H2,1H3. The summed E-state index contributed by atoms with van der Waals surface area (Å²) in [5, 5.41) is 2.65. The third kappa shape index (κ3) is 3.78. The van der Waals surface area contributed by atoms with Crippen molar-refractivity contribution in [2.45, 2.75) is 51.9 Å². The van der Waals surface area contributed by atoms with Crippen LogP contribution < -0.4 is 0 Å². The Kier molecular flexibility index (Phi) is 5.58. The lowest BCUT2D eigenvalue weighted by Crippen LogP contribution is -1.94. The van der Waals surface area contributed by atoms with Gasteiger partial charge in [0.1, 0.15) is 0 Å². The molecule has 0 spiro atoms. The van der Waals surface area contributed by atoms with Crippen LogP contribution in [0.15, 0.2) is 72.8 Å². The number of aryl methyl sites for hydroxylation is 1. The lowest BCUT2D eigenvalue weighted by molar-refractivity contribution is 0.607. The Balaban J connectivity index is 1.55. The van der Waals surface area contributed by atoms with Crippen LogP contribution in [-0.2, 0) is 6.42 Å². The quantitative estimate of drug-likeness (QED) is 0.285. The van der Waals surface area contributed by atoms with Crippen molar-refractivity contribution in [3.05, 3.63) is 78.4 Å². The Hall–Kier alpha value is -2.54. The molecule has 1 heteroatoms. The molecule has 4 rings (SSSR count). The number of rotatable bonds is 8. The number of fused-ring (bicyclic) bond motifs is 3. The summed E-state index contributed by atoms with van der Waals surface area (Å²) in [5.41, 5.74) is 5.26. The average Bonchev–Trinajstić information content (AvgIpc) is 3.06. The minimum absolute atomic E-state index is 1.19. The van der Waals surface area contributed by atoms with Gasteiger partial charge in [0.2, 0.25) is 0 Å². The normalized spacial score (nSPS) is 11.4. The predicted octanol–water partition coefficient (Wildman–Crippen LogP) is 7.69. The summed E-state index contributed by atoms with van der Waals surface area (Å²) in [5.74, 6) is 0. The highest BCUT2D eigenvalue weighted by Crippen LogP contribution is 2.31. The van der Waals surface area contributed by atoms with Crippen LogP contribution in [0.3, 0.4) is 0 Å². The van der Waals surface area contributed by atoms with Gasteiger partial charge in [-0.05, 0) is 42.7 Å². The molecule has 0 bridgehead atoms. The zero-order valence-corrected chi connectivity index (χ0v) is 16.3. The van der Waals surface area contributed by atoms with Gasteiger partial charge in [-0.15, -0.1) is 0 Å². The van der Waals surface area contributed by atoms with E-state index < -0.39 is 0 Å². The first-order chi connectivity index (χ1) is 13.4. The maximum Gasteiger partial charge on any atom is 0.0541 e. The van der Waals surface area contributed by atoms with Gasteiger partial charge >= 0.3 is 0 Å². The van der Waals surface area contributed by atoms with E-state index in [1.54, 1.807) is 0 Å². The zero-order valence-electron chi connectivity index (χ0n) is 16.3. The summed E-state index contributed by atoms with van der Waals surface area (Å²) >= 11 is 0. The molecule has 1 heterocycles. The van der Waals surface area contributed by atoms with Crippen LogP contribution in [0.4, 0.5) is 0 Å². The number of benzene rings is 3. The number of hydrogen-bond donors (Lipinski definition) is 0. The van der Waals surface area contributed by atoms with Crippen LogP contribution in [0, 0.1) is 0 Å². The van der Waals surface area contributed by atoms with Crippen molar-refractivity contribution in [3.63, 3.8) is 0 Å². The molecule has 0 aliphatic carbocycles. The molecule has 4 aromatic rings. The van der Waals surface area contributed by atoms with E-state index in [4.69, 9.17) is 0 Å². The van der Waals surface area contributed by atoms with Crippen LogP contribution in [0.2, 0.25) is 0 Å². The fraction of sp³-hybridized carbons (Fsp3) is 0.308. The molecule has 138 valence electrons. The summed E-state index contributed by atoms with van der Waals surface area (Å²) < 4.78 is 2.39. The molecule has 3 aromatic carbocycles. The van der Waals surface area contributed by atoms with Gasteiger partial charge < -0.3 is 4.57 Å². The molecule has 1 aromatic heterocycles. The van der Waals surface area contributed by atoms with E-state index in [9.17, 15) is 0 Å². The molecular formula is C26H29N. The van der Waals surface area contributed by atoms with Gasteiger partial charge in [0, 0.05) is 16.5 Å². The highest BCUT2D eigenvalue weighted by atomic mass is 15.0. The van der Waals surface area contributed by atoms with Crippen molar-refractivity contribution in [3.8, 4) is 5.69 Å². The molecule has 0 aliphatic rings. The molecule has 0 radical (unpaired) electrons. The molecule has 0 aliphatic heterocycles. The maximum absolute atomic E-state index is 2.39. The smallest absolute Gasteiger partial charge is 0.0541 e. The molecule has 0 saturated heterocycles. The second-order valence-electron chi connectivity index (χ2n) is 7.55. The van der Waals surface area contributed by atoms with Gasteiger partial charge in [0.05, 0.1) is 11.0 Å². The second kappa shape index (κ2) is 8.43. The first-order valence-electron chi connectivity index (χ1n) is 10.5. The van der Waals surface area contributed by atoms with E-state index >= 15 is 0 Å². The Labute approximate surface area is 162 Å². The number of aromatic nitrogens is 1. The molecule has 1 nitrogen and oxygen atoms in total. The second-order valence-corrected chi connectivity index (χ2v) is 7.55. The van der Waals surface area contributed by atoms with Crippen LogP contribution in [0.25, 0.3) is 27.5 Å². The van der Waals surface area contributed by atoms with Crippen molar-refractivity contribution < 1.29 is 0 Å².